The highest BCUT2D eigenvalue weighted by molar-refractivity contribution is 6.20. The molecule has 0 aromatic heterocycles. The van der Waals surface area contributed by atoms with Crippen LogP contribution in [-0.4, -0.2) is 30.9 Å². The van der Waals surface area contributed by atoms with Gasteiger partial charge in [0.1, 0.15) is 5.75 Å². The Labute approximate surface area is 176 Å². The number of allylic oxidation sites excluding steroid dienone is 1. The summed E-state index contributed by atoms with van der Waals surface area (Å²) < 4.78 is 5.08. The van der Waals surface area contributed by atoms with Crippen LogP contribution in [-0.2, 0) is 4.79 Å². The first-order valence-electron chi connectivity index (χ1n) is 10.1. The Kier molecular flexibility index (Phi) is 7.38. The molecule has 156 valence electrons. The van der Waals surface area contributed by atoms with E-state index in [2.05, 4.69) is 5.32 Å². The highest BCUT2D eigenvalue weighted by Crippen LogP contribution is 2.20. The molecule has 1 aliphatic carbocycles. The molecule has 1 aliphatic rings. The van der Waals surface area contributed by atoms with Crippen molar-refractivity contribution < 1.29 is 19.1 Å². The maximum Gasteiger partial charge on any atom is 0.329 e. The molecule has 6 nitrogen and oxygen atoms in total. The second kappa shape index (κ2) is 10.4. The van der Waals surface area contributed by atoms with Crippen molar-refractivity contribution in [2.24, 2.45) is 0 Å². The van der Waals surface area contributed by atoms with E-state index in [1.165, 1.54) is 12.5 Å². The van der Waals surface area contributed by atoms with E-state index in [1.807, 2.05) is 6.07 Å². The van der Waals surface area contributed by atoms with E-state index in [9.17, 15) is 14.4 Å². The van der Waals surface area contributed by atoms with Crippen LogP contribution in [0.1, 0.15) is 42.5 Å². The lowest BCUT2D eigenvalue weighted by atomic mass is 9.96. The Morgan fingerprint density at radius 2 is 1.60 bits per heavy atom. The second-order valence-electron chi connectivity index (χ2n) is 7.22. The van der Waals surface area contributed by atoms with Gasteiger partial charge in [-0.2, -0.15) is 0 Å². The van der Waals surface area contributed by atoms with E-state index in [4.69, 9.17) is 4.74 Å². The highest BCUT2D eigenvalue weighted by atomic mass is 16.5. The van der Waals surface area contributed by atoms with Crippen LogP contribution in [0, 0.1) is 0 Å². The predicted octanol–water partition coefficient (Wildman–Crippen LogP) is 4.51. The number of carbonyl (C=O) groups is 3. The van der Waals surface area contributed by atoms with Crippen molar-refractivity contribution in [3.63, 3.8) is 0 Å². The molecule has 0 saturated heterocycles. The highest BCUT2D eigenvalue weighted by Gasteiger charge is 2.25. The monoisotopic (exact) mass is 406 g/mol. The van der Waals surface area contributed by atoms with Crippen molar-refractivity contribution in [1.82, 2.24) is 5.32 Å². The van der Waals surface area contributed by atoms with Gasteiger partial charge in [-0.25, -0.2) is 9.69 Å². The number of ether oxygens (including phenoxy) is 1. The van der Waals surface area contributed by atoms with Crippen LogP contribution in [0.3, 0.4) is 0 Å². The van der Waals surface area contributed by atoms with Gasteiger partial charge in [-0.05, 0) is 55.3 Å². The zero-order valence-electron chi connectivity index (χ0n) is 17.0. The number of anilines is 1. The van der Waals surface area contributed by atoms with Crippen LogP contribution in [0.5, 0.6) is 5.75 Å². The predicted molar refractivity (Wildman–Crippen MR) is 116 cm³/mol. The van der Waals surface area contributed by atoms with Crippen LogP contribution < -0.4 is 15.0 Å². The lowest BCUT2D eigenvalue weighted by molar-refractivity contribution is -0.113. The molecule has 0 spiro atoms. The van der Waals surface area contributed by atoms with Gasteiger partial charge in [-0.1, -0.05) is 37.5 Å². The number of imide groups is 1. The van der Waals surface area contributed by atoms with Gasteiger partial charge in [-0.3, -0.25) is 9.59 Å². The number of hydrogen-bond acceptors (Lipinski definition) is 4. The fraction of sp³-hybridized carbons (Fsp3) is 0.292. The lowest BCUT2D eigenvalue weighted by Crippen LogP contribution is -2.48. The molecule has 3 rings (SSSR count). The Balaban J connectivity index is 1.74. The normalized spacial score (nSPS) is 14.3. The molecule has 0 aliphatic heterocycles. The molecule has 0 radical (unpaired) electrons. The van der Waals surface area contributed by atoms with Crippen molar-refractivity contribution in [2.75, 3.05) is 12.0 Å². The minimum Gasteiger partial charge on any atom is -0.497 e. The zero-order chi connectivity index (χ0) is 21.3. The Morgan fingerprint density at radius 3 is 2.23 bits per heavy atom. The quantitative estimate of drug-likeness (QED) is 0.566. The van der Waals surface area contributed by atoms with Gasteiger partial charge in [-0.15, -0.1) is 0 Å². The lowest BCUT2D eigenvalue weighted by Gasteiger charge is -2.26. The first-order chi connectivity index (χ1) is 14.6. The molecular weight excluding hydrogens is 380 g/mol. The van der Waals surface area contributed by atoms with E-state index in [0.29, 0.717) is 17.0 Å². The minimum atomic E-state index is -0.573. The standard InChI is InChI=1S/C24H26N2O4/c1-30-21-14-12-18(13-15-21)22(27)16-17-23(28)26(20-10-6-3-7-11-20)24(29)25-19-8-4-2-5-9-19/h3,6-7,10-17,19H,2,4-5,8-9H2,1H3,(H,25,29)/b17-16+. The Morgan fingerprint density at radius 1 is 0.933 bits per heavy atom. The van der Waals surface area contributed by atoms with E-state index in [1.54, 1.807) is 55.6 Å². The number of ketones is 1. The van der Waals surface area contributed by atoms with E-state index in [0.717, 1.165) is 36.7 Å². The van der Waals surface area contributed by atoms with E-state index >= 15 is 0 Å². The number of benzene rings is 2. The second-order valence-corrected chi connectivity index (χ2v) is 7.22. The molecule has 1 saturated carbocycles. The molecule has 1 fully saturated rings. The van der Waals surface area contributed by atoms with Crippen LogP contribution in [0.25, 0.3) is 0 Å². The van der Waals surface area contributed by atoms with Gasteiger partial charge in [0, 0.05) is 17.7 Å². The molecule has 30 heavy (non-hydrogen) atoms. The molecule has 0 atom stereocenters. The maximum absolute atomic E-state index is 12.9. The van der Waals surface area contributed by atoms with Crippen molar-refractivity contribution in [1.29, 1.82) is 0 Å². The van der Waals surface area contributed by atoms with Gasteiger partial charge in [0.15, 0.2) is 5.78 Å². The number of methoxy groups -OCH3 is 1. The van der Waals surface area contributed by atoms with Gasteiger partial charge in [0.25, 0.3) is 5.91 Å². The summed E-state index contributed by atoms with van der Waals surface area (Å²) in [6.45, 7) is 0. The van der Waals surface area contributed by atoms with Crippen molar-refractivity contribution in [3.8, 4) is 5.75 Å². The molecule has 1 N–H and O–H groups in total. The summed E-state index contributed by atoms with van der Waals surface area (Å²) in [7, 11) is 1.55. The van der Waals surface area contributed by atoms with Crippen molar-refractivity contribution in [2.45, 2.75) is 38.1 Å². The summed E-state index contributed by atoms with van der Waals surface area (Å²) in [4.78, 5) is 39.2. The maximum atomic E-state index is 12.9. The van der Waals surface area contributed by atoms with Gasteiger partial charge < -0.3 is 10.1 Å². The fourth-order valence-corrected chi connectivity index (χ4v) is 3.48. The summed E-state index contributed by atoms with van der Waals surface area (Å²) in [5, 5.41) is 2.96. The van der Waals surface area contributed by atoms with Crippen molar-refractivity contribution in [3.05, 3.63) is 72.3 Å². The van der Waals surface area contributed by atoms with Crippen LogP contribution in [0.2, 0.25) is 0 Å². The molecule has 3 amide bonds. The average molecular weight is 406 g/mol. The number of nitrogens with one attached hydrogen (secondary N) is 1. The van der Waals surface area contributed by atoms with Crippen molar-refractivity contribution >= 4 is 23.4 Å². The molecule has 2 aromatic rings. The molecule has 0 unspecified atom stereocenters. The number of urea groups is 1. The topological polar surface area (TPSA) is 75.7 Å². The molecule has 6 heteroatoms. The smallest absolute Gasteiger partial charge is 0.329 e. The summed E-state index contributed by atoms with van der Waals surface area (Å²) in [6.07, 6.45) is 7.46. The van der Waals surface area contributed by atoms with E-state index < -0.39 is 11.9 Å². The summed E-state index contributed by atoms with van der Waals surface area (Å²) in [5.41, 5.74) is 0.884. The largest absolute Gasteiger partial charge is 0.497 e. The summed E-state index contributed by atoms with van der Waals surface area (Å²) in [6, 6.07) is 14.9. The van der Waals surface area contributed by atoms with Crippen LogP contribution >= 0.6 is 0 Å². The molecular formula is C24H26N2O4. The molecule has 0 bridgehead atoms. The third kappa shape index (κ3) is 5.56. The number of rotatable bonds is 6. The Hall–Kier alpha value is -3.41. The number of nitrogens with zero attached hydrogens (tertiary/aromatic N) is 1. The van der Waals surface area contributed by atoms with Gasteiger partial charge >= 0.3 is 6.03 Å². The summed E-state index contributed by atoms with van der Waals surface area (Å²) >= 11 is 0. The number of para-hydroxylation sites is 1. The third-order valence-corrected chi connectivity index (χ3v) is 5.12. The van der Waals surface area contributed by atoms with Crippen LogP contribution in [0.4, 0.5) is 10.5 Å². The van der Waals surface area contributed by atoms with Gasteiger partial charge in [0.2, 0.25) is 0 Å². The third-order valence-electron chi connectivity index (χ3n) is 5.12. The fourth-order valence-electron chi connectivity index (χ4n) is 3.48. The SMILES string of the molecule is COc1ccc(C(=O)/C=C/C(=O)N(C(=O)NC2CCCCC2)c2ccccc2)cc1. The Bertz CT molecular complexity index is 901. The van der Waals surface area contributed by atoms with E-state index in [-0.39, 0.29) is 11.8 Å². The number of carbonyl (C=O) groups excluding carboxylic acids is 3. The first kappa shape index (κ1) is 21.3. The average Bonchev–Trinajstić information content (AvgIpc) is 2.79. The number of hydrogen-bond donors (Lipinski definition) is 1. The molecule has 2 aromatic carbocycles. The molecule has 0 heterocycles. The minimum absolute atomic E-state index is 0.0650. The van der Waals surface area contributed by atoms with Crippen LogP contribution in [0.15, 0.2) is 66.7 Å². The zero-order valence-corrected chi connectivity index (χ0v) is 17.0. The first-order valence-corrected chi connectivity index (χ1v) is 10.1. The number of amides is 3. The van der Waals surface area contributed by atoms with Gasteiger partial charge in [0.05, 0.1) is 12.8 Å². The summed E-state index contributed by atoms with van der Waals surface area (Å²) in [5.74, 6) is -0.260.